The molecule has 1 saturated heterocycles. The molecular weight excluding hydrogens is 532 g/mol. The summed E-state index contributed by atoms with van der Waals surface area (Å²) in [6.45, 7) is 4.79. The Balaban J connectivity index is 1.39. The molecule has 2 amide bonds. The summed E-state index contributed by atoms with van der Waals surface area (Å²) in [6, 6.07) is 14.6. The van der Waals surface area contributed by atoms with Crippen LogP contribution in [0.1, 0.15) is 48.5 Å². The minimum atomic E-state index is -0.502. The van der Waals surface area contributed by atoms with Gasteiger partial charge in [0.1, 0.15) is 6.04 Å². The zero-order valence-corrected chi connectivity index (χ0v) is 23.8. The van der Waals surface area contributed by atoms with Crippen molar-refractivity contribution in [2.24, 2.45) is 0 Å². The van der Waals surface area contributed by atoms with Crippen LogP contribution < -0.4 is 21.1 Å². The number of piperazine rings is 1. The molecule has 11 heteroatoms. The number of rotatable bonds is 3. The zero-order valence-electron chi connectivity index (χ0n) is 23.8. The van der Waals surface area contributed by atoms with Crippen molar-refractivity contribution < 1.29 is 9.59 Å². The van der Waals surface area contributed by atoms with Crippen molar-refractivity contribution in [3.63, 3.8) is 0 Å². The molecule has 0 saturated carbocycles. The van der Waals surface area contributed by atoms with Crippen LogP contribution in [-0.4, -0.2) is 62.0 Å². The Morgan fingerprint density at radius 1 is 0.929 bits per heavy atom. The fourth-order valence-electron chi connectivity index (χ4n) is 5.80. The summed E-state index contributed by atoms with van der Waals surface area (Å²) >= 11 is 0. The molecule has 2 aliphatic heterocycles. The molecule has 4 heterocycles. The highest BCUT2D eigenvalue weighted by molar-refractivity contribution is 5.92. The van der Waals surface area contributed by atoms with Crippen LogP contribution in [0.4, 0.5) is 5.69 Å². The highest BCUT2D eigenvalue weighted by atomic mass is 16.2. The Morgan fingerprint density at radius 2 is 1.81 bits per heavy atom. The highest BCUT2D eigenvalue weighted by Crippen LogP contribution is 2.30. The fraction of sp³-hybridized carbons (Fsp3) is 0.355. The molecule has 1 unspecified atom stereocenters. The second kappa shape index (κ2) is 11.6. The maximum atomic E-state index is 13.8. The first kappa shape index (κ1) is 27.4. The number of aromatic nitrogens is 5. The molecule has 2 bridgehead atoms. The van der Waals surface area contributed by atoms with E-state index in [4.69, 9.17) is 4.98 Å². The van der Waals surface area contributed by atoms with Crippen molar-refractivity contribution in [2.75, 3.05) is 24.5 Å². The van der Waals surface area contributed by atoms with Gasteiger partial charge in [-0.05, 0) is 56.5 Å². The molecule has 0 aliphatic carbocycles. The molecule has 6 rings (SSSR count). The third-order valence-corrected chi connectivity index (χ3v) is 7.98. The van der Waals surface area contributed by atoms with Gasteiger partial charge in [0.25, 0.3) is 5.56 Å². The average Bonchev–Trinajstić information content (AvgIpc) is 3.42. The monoisotopic (exact) mass is 566 g/mol. The van der Waals surface area contributed by atoms with E-state index < -0.39 is 6.04 Å². The van der Waals surface area contributed by atoms with E-state index in [-0.39, 0.29) is 36.5 Å². The van der Waals surface area contributed by atoms with E-state index >= 15 is 0 Å². The maximum absolute atomic E-state index is 13.8. The number of aryl methyl sites for hydroxylation is 2. The van der Waals surface area contributed by atoms with Gasteiger partial charge in [0.15, 0.2) is 0 Å². The van der Waals surface area contributed by atoms with Crippen LogP contribution in [0.2, 0.25) is 0 Å². The fourth-order valence-corrected chi connectivity index (χ4v) is 5.80. The smallest absolute Gasteiger partial charge is 0.254 e. The molecule has 4 aromatic rings. The number of hydrogen-bond donors (Lipinski definition) is 2. The summed E-state index contributed by atoms with van der Waals surface area (Å²) < 4.78 is 3.40. The standard InChI is InChI=1S/C31H34N8O3/c1-20-10-11-27(39-17-21(2)35-36-39)24(13-20)25-15-30(41)38(19-34-25)26-9-4-3-5-12-32-31(42)28-16-33-29(40)18-37(28)23-8-6-7-22(26)14-23/h6-8,10-11,13-15,17,19,26,28H,3-5,9,12,16,18H2,1-2H3,(H,32,42)(H,33,40)/t26-,28?/m0/s1. The van der Waals surface area contributed by atoms with Crippen molar-refractivity contribution in [1.29, 1.82) is 0 Å². The number of nitrogens with zero attached hydrogens (tertiary/aromatic N) is 6. The van der Waals surface area contributed by atoms with Crippen LogP contribution in [0, 0.1) is 13.8 Å². The van der Waals surface area contributed by atoms with Crippen LogP contribution in [0.5, 0.6) is 0 Å². The lowest BCUT2D eigenvalue weighted by atomic mass is 9.98. The summed E-state index contributed by atoms with van der Waals surface area (Å²) in [5, 5.41) is 14.2. The van der Waals surface area contributed by atoms with Gasteiger partial charge >= 0.3 is 0 Å². The highest BCUT2D eigenvalue weighted by Gasteiger charge is 2.32. The number of fused-ring (bicyclic) bond motifs is 4. The molecule has 0 spiro atoms. The zero-order chi connectivity index (χ0) is 29.2. The molecule has 1 fully saturated rings. The van der Waals surface area contributed by atoms with Crippen LogP contribution in [0.3, 0.4) is 0 Å². The molecule has 11 nitrogen and oxygen atoms in total. The van der Waals surface area contributed by atoms with Crippen molar-refractivity contribution in [2.45, 2.75) is 51.6 Å². The molecule has 2 aliphatic rings. The van der Waals surface area contributed by atoms with Crippen molar-refractivity contribution in [1.82, 2.24) is 35.2 Å². The number of nitrogens with one attached hydrogen (secondary N) is 2. The van der Waals surface area contributed by atoms with Gasteiger partial charge in [-0.1, -0.05) is 41.8 Å². The molecule has 2 N–H and O–H groups in total. The first-order chi connectivity index (χ1) is 20.4. The first-order valence-electron chi connectivity index (χ1n) is 14.4. The minimum Gasteiger partial charge on any atom is -0.354 e. The van der Waals surface area contributed by atoms with E-state index in [2.05, 4.69) is 20.9 Å². The summed E-state index contributed by atoms with van der Waals surface area (Å²) in [7, 11) is 0. The van der Waals surface area contributed by atoms with E-state index in [0.717, 1.165) is 59.4 Å². The molecule has 0 radical (unpaired) electrons. The third-order valence-electron chi connectivity index (χ3n) is 7.98. The van der Waals surface area contributed by atoms with E-state index in [9.17, 15) is 14.4 Å². The van der Waals surface area contributed by atoms with E-state index in [0.29, 0.717) is 12.2 Å². The summed E-state index contributed by atoms with van der Waals surface area (Å²) in [6.07, 6.45) is 6.82. The van der Waals surface area contributed by atoms with Crippen molar-refractivity contribution in [3.8, 4) is 16.9 Å². The van der Waals surface area contributed by atoms with E-state index in [1.807, 2.05) is 67.4 Å². The number of carbonyl (C=O) groups excluding carboxylic acids is 2. The maximum Gasteiger partial charge on any atom is 0.254 e. The van der Waals surface area contributed by atoms with Crippen LogP contribution >= 0.6 is 0 Å². The number of carbonyl (C=O) groups is 2. The quantitative estimate of drug-likeness (QED) is 0.390. The van der Waals surface area contributed by atoms with Crippen molar-refractivity contribution in [3.05, 3.63) is 88.2 Å². The Bertz CT molecular complexity index is 1690. The Hall–Kier alpha value is -4.80. The molecule has 42 heavy (non-hydrogen) atoms. The van der Waals surface area contributed by atoms with Gasteiger partial charge in [-0.25, -0.2) is 9.67 Å². The minimum absolute atomic E-state index is 0.0898. The molecular formula is C31H34N8O3. The molecule has 216 valence electrons. The number of hydrogen-bond acceptors (Lipinski definition) is 7. The van der Waals surface area contributed by atoms with Crippen LogP contribution in [-0.2, 0) is 9.59 Å². The lowest BCUT2D eigenvalue weighted by Gasteiger charge is -2.36. The largest absolute Gasteiger partial charge is 0.354 e. The Labute approximate surface area is 243 Å². The second-order valence-electron chi connectivity index (χ2n) is 11.0. The summed E-state index contributed by atoms with van der Waals surface area (Å²) in [5.74, 6) is -0.221. The van der Waals surface area contributed by atoms with Gasteiger partial charge in [0.2, 0.25) is 11.8 Å². The molecule has 2 atom stereocenters. The van der Waals surface area contributed by atoms with Gasteiger partial charge in [-0.15, -0.1) is 5.10 Å². The topological polar surface area (TPSA) is 127 Å². The summed E-state index contributed by atoms with van der Waals surface area (Å²) in [5.41, 5.74) is 5.54. The molecule has 2 aromatic heterocycles. The normalized spacial score (nSPS) is 19.5. The number of benzene rings is 2. The van der Waals surface area contributed by atoms with Gasteiger partial charge in [0.05, 0.1) is 42.2 Å². The second-order valence-corrected chi connectivity index (χ2v) is 11.0. The summed E-state index contributed by atoms with van der Waals surface area (Å²) in [4.78, 5) is 45.7. The van der Waals surface area contributed by atoms with Gasteiger partial charge in [-0.3, -0.25) is 19.0 Å². The first-order valence-corrected chi connectivity index (χ1v) is 14.4. The predicted molar refractivity (Wildman–Crippen MR) is 159 cm³/mol. The SMILES string of the molecule is Cc1ccc(-n2cc(C)nn2)c(-c2cc(=O)n([C@H]3CCCCCNC(=O)C4CNC(=O)CN4c4cccc3c4)cn2)c1. The van der Waals surface area contributed by atoms with Gasteiger partial charge in [-0.2, -0.15) is 0 Å². The van der Waals surface area contributed by atoms with E-state index in [1.165, 1.54) is 0 Å². The molecule has 2 aromatic carbocycles. The number of anilines is 1. The van der Waals surface area contributed by atoms with E-state index in [1.54, 1.807) is 21.6 Å². The average molecular weight is 567 g/mol. The third kappa shape index (κ3) is 5.54. The number of amides is 2. The van der Waals surface area contributed by atoms with Gasteiger partial charge < -0.3 is 15.5 Å². The predicted octanol–water partition coefficient (Wildman–Crippen LogP) is 2.69. The lowest BCUT2D eigenvalue weighted by molar-refractivity contribution is -0.125. The van der Waals surface area contributed by atoms with Gasteiger partial charge in [0, 0.05) is 30.4 Å². The van der Waals surface area contributed by atoms with Crippen molar-refractivity contribution >= 4 is 17.5 Å². The Morgan fingerprint density at radius 3 is 2.62 bits per heavy atom. The van der Waals surface area contributed by atoms with Crippen LogP contribution in [0.15, 0.2) is 65.8 Å². The lowest BCUT2D eigenvalue weighted by Crippen LogP contribution is -2.60. The Kier molecular flexibility index (Phi) is 7.56. The van der Waals surface area contributed by atoms with Crippen LogP contribution in [0.25, 0.3) is 16.9 Å².